The Bertz CT molecular complexity index is 669. The van der Waals surface area contributed by atoms with Crippen LogP contribution in [0.25, 0.3) is 0 Å². The van der Waals surface area contributed by atoms with Crippen molar-refractivity contribution in [3.8, 4) is 0 Å². The summed E-state index contributed by atoms with van der Waals surface area (Å²) in [5.41, 5.74) is 4.34. The second-order valence-corrected chi connectivity index (χ2v) is 5.51. The maximum atomic E-state index is 12.9. The first-order valence-corrected chi connectivity index (χ1v) is 6.89. The summed E-state index contributed by atoms with van der Waals surface area (Å²) in [6.45, 7) is 0. The predicted octanol–water partition coefficient (Wildman–Crippen LogP) is 4.14. The highest BCUT2D eigenvalue weighted by molar-refractivity contribution is 14.1. The van der Waals surface area contributed by atoms with Crippen molar-refractivity contribution in [2.45, 2.75) is 6.18 Å². The standard InChI is InChI=1S/C14H10F3IN2O/c15-14(16,17)11-7-10(19)5-6-12(11)20-13(21)8-1-3-9(18)4-2-8/h1-7H,19H2,(H,20,21). The van der Waals surface area contributed by atoms with Gasteiger partial charge in [-0.3, -0.25) is 4.79 Å². The molecule has 0 atom stereocenters. The summed E-state index contributed by atoms with van der Waals surface area (Å²) < 4.78 is 39.7. The minimum atomic E-state index is -4.59. The average Bonchev–Trinajstić information content (AvgIpc) is 2.40. The normalized spacial score (nSPS) is 11.2. The SMILES string of the molecule is Nc1ccc(NC(=O)c2ccc(I)cc2)c(C(F)(F)F)c1. The topological polar surface area (TPSA) is 55.1 Å². The van der Waals surface area contributed by atoms with E-state index in [1.54, 1.807) is 24.3 Å². The van der Waals surface area contributed by atoms with E-state index >= 15 is 0 Å². The fourth-order valence-electron chi connectivity index (χ4n) is 1.70. The lowest BCUT2D eigenvalue weighted by Gasteiger charge is -2.14. The number of rotatable bonds is 2. The first kappa shape index (κ1) is 15.6. The molecule has 0 aliphatic rings. The Morgan fingerprint density at radius 1 is 1.10 bits per heavy atom. The monoisotopic (exact) mass is 406 g/mol. The van der Waals surface area contributed by atoms with Gasteiger partial charge in [0.15, 0.2) is 0 Å². The molecule has 3 nitrogen and oxygen atoms in total. The van der Waals surface area contributed by atoms with Crippen molar-refractivity contribution in [1.82, 2.24) is 0 Å². The van der Waals surface area contributed by atoms with Crippen LogP contribution in [-0.2, 0) is 6.18 Å². The number of hydrogen-bond acceptors (Lipinski definition) is 2. The van der Waals surface area contributed by atoms with Gasteiger partial charge in [-0.05, 0) is 65.1 Å². The number of anilines is 2. The molecule has 0 aromatic heterocycles. The highest BCUT2D eigenvalue weighted by atomic mass is 127. The zero-order chi connectivity index (χ0) is 15.6. The van der Waals surface area contributed by atoms with Gasteiger partial charge in [0.1, 0.15) is 0 Å². The van der Waals surface area contributed by atoms with Crippen LogP contribution < -0.4 is 11.1 Å². The van der Waals surface area contributed by atoms with E-state index in [0.29, 0.717) is 0 Å². The molecule has 0 fully saturated rings. The fourth-order valence-corrected chi connectivity index (χ4v) is 2.06. The summed E-state index contributed by atoms with van der Waals surface area (Å²) in [7, 11) is 0. The Morgan fingerprint density at radius 2 is 1.71 bits per heavy atom. The summed E-state index contributed by atoms with van der Waals surface area (Å²) >= 11 is 2.07. The van der Waals surface area contributed by atoms with Gasteiger partial charge < -0.3 is 11.1 Å². The molecular formula is C14H10F3IN2O. The van der Waals surface area contributed by atoms with Crippen LogP contribution in [0.1, 0.15) is 15.9 Å². The van der Waals surface area contributed by atoms with Gasteiger partial charge in [0.25, 0.3) is 5.91 Å². The quantitative estimate of drug-likeness (QED) is 0.582. The number of carbonyl (C=O) groups is 1. The van der Waals surface area contributed by atoms with E-state index in [9.17, 15) is 18.0 Å². The zero-order valence-electron chi connectivity index (χ0n) is 10.5. The van der Waals surface area contributed by atoms with Crippen molar-refractivity contribution >= 4 is 39.9 Å². The molecular weight excluding hydrogens is 396 g/mol. The van der Waals surface area contributed by atoms with E-state index in [2.05, 4.69) is 27.9 Å². The summed E-state index contributed by atoms with van der Waals surface area (Å²) in [6, 6.07) is 9.72. The van der Waals surface area contributed by atoms with Crippen LogP contribution in [0.3, 0.4) is 0 Å². The van der Waals surface area contributed by atoms with Gasteiger partial charge in [-0.1, -0.05) is 0 Å². The third-order valence-corrected chi connectivity index (χ3v) is 3.42. The molecule has 3 N–H and O–H groups in total. The Morgan fingerprint density at radius 3 is 2.29 bits per heavy atom. The van der Waals surface area contributed by atoms with Gasteiger partial charge >= 0.3 is 6.18 Å². The second-order valence-electron chi connectivity index (χ2n) is 4.26. The number of halogens is 4. The lowest BCUT2D eigenvalue weighted by Crippen LogP contribution is -2.17. The van der Waals surface area contributed by atoms with Crippen molar-refractivity contribution in [3.63, 3.8) is 0 Å². The Hall–Kier alpha value is -1.77. The Balaban J connectivity index is 2.31. The molecule has 2 aromatic rings. The van der Waals surface area contributed by atoms with Crippen molar-refractivity contribution in [1.29, 1.82) is 0 Å². The second kappa shape index (κ2) is 5.92. The molecule has 0 aliphatic heterocycles. The first-order valence-electron chi connectivity index (χ1n) is 5.81. The van der Waals surface area contributed by atoms with E-state index in [-0.39, 0.29) is 16.9 Å². The Labute approximate surface area is 132 Å². The van der Waals surface area contributed by atoms with Gasteiger partial charge in [0.2, 0.25) is 0 Å². The van der Waals surface area contributed by atoms with Gasteiger partial charge in [-0.2, -0.15) is 13.2 Å². The van der Waals surface area contributed by atoms with Crippen molar-refractivity contribution in [3.05, 3.63) is 57.2 Å². The number of benzene rings is 2. The molecule has 0 bridgehead atoms. The third-order valence-electron chi connectivity index (χ3n) is 2.70. The molecule has 7 heteroatoms. The van der Waals surface area contributed by atoms with Crippen LogP contribution >= 0.6 is 22.6 Å². The smallest absolute Gasteiger partial charge is 0.399 e. The summed E-state index contributed by atoms with van der Waals surface area (Å²) in [4.78, 5) is 12.0. The van der Waals surface area contributed by atoms with Crippen molar-refractivity contribution in [2.24, 2.45) is 0 Å². The lowest BCUT2D eigenvalue weighted by atomic mass is 10.1. The van der Waals surface area contributed by atoms with Crippen LogP contribution in [0.4, 0.5) is 24.5 Å². The molecule has 0 heterocycles. The maximum absolute atomic E-state index is 12.9. The number of nitrogens with one attached hydrogen (secondary N) is 1. The number of nitrogen functional groups attached to an aromatic ring is 1. The van der Waals surface area contributed by atoms with Crippen LogP contribution in [0.5, 0.6) is 0 Å². The van der Waals surface area contributed by atoms with Crippen molar-refractivity contribution < 1.29 is 18.0 Å². The molecule has 21 heavy (non-hydrogen) atoms. The first-order chi connectivity index (χ1) is 9.77. The van der Waals surface area contributed by atoms with Crippen molar-refractivity contribution in [2.75, 3.05) is 11.1 Å². The number of hydrogen-bond donors (Lipinski definition) is 2. The van der Waals surface area contributed by atoms with Crippen LogP contribution in [-0.4, -0.2) is 5.91 Å². The maximum Gasteiger partial charge on any atom is 0.418 e. The van der Waals surface area contributed by atoms with Gasteiger partial charge in [0, 0.05) is 14.8 Å². The van der Waals surface area contributed by atoms with Crippen LogP contribution in [0, 0.1) is 3.57 Å². The molecule has 0 saturated heterocycles. The minimum absolute atomic E-state index is 0.0189. The van der Waals surface area contributed by atoms with E-state index in [0.717, 1.165) is 15.7 Å². The number of amides is 1. The molecule has 0 radical (unpaired) electrons. The highest BCUT2D eigenvalue weighted by Gasteiger charge is 2.34. The number of nitrogens with two attached hydrogens (primary N) is 1. The molecule has 2 rings (SSSR count). The molecule has 2 aromatic carbocycles. The van der Waals surface area contributed by atoms with Crippen LogP contribution in [0.2, 0.25) is 0 Å². The molecule has 110 valence electrons. The van der Waals surface area contributed by atoms with Gasteiger partial charge in [0.05, 0.1) is 11.3 Å². The number of carbonyl (C=O) groups excluding carboxylic acids is 1. The molecule has 1 amide bonds. The average molecular weight is 406 g/mol. The van der Waals surface area contributed by atoms with Gasteiger partial charge in [-0.15, -0.1) is 0 Å². The van der Waals surface area contributed by atoms with Gasteiger partial charge in [-0.25, -0.2) is 0 Å². The van der Waals surface area contributed by atoms with E-state index in [1.807, 2.05) is 0 Å². The van der Waals surface area contributed by atoms with E-state index in [4.69, 9.17) is 5.73 Å². The Kier molecular flexibility index (Phi) is 4.40. The largest absolute Gasteiger partial charge is 0.418 e. The molecule has 0 aliphatic carbocycles. The summed E-state index contributed by atoms with van der Waals surface area (Å²) in [5.74, 6) is -0.610. The lowest BCUT2D eigenvalue weighted by molar-refractivity contribution is -0.136. The molecule has 0 spiro atoms. The fraction of sp³-hybridized carbons (Fsp3) is 0.0714. The highest BCUT2D eigenvalue weighted by Crippen LogP contribution is 2.36. The third kappa shape index (κ3) is 3.87. The molecule has 0 unspecified atom stereocenters. The predicted molar refractivity (Wildman–Crippen MR) is 83.0 cm³/mol. The van der Waals surface area contributed by atoms with E-state index in [1.165, 1.54) is 6.07 Å². The summed E-state index contributed by atoms with van der Waals surface area (Å²) in [5, 5.41) is 2.26. The number of alkyl halides is 3. The minimum Gasteiger partial charge on any atom is -0.399 e. The van der Waals surface area contributed by atoms with E-state index < -0.39 is 17.6 Å². The zero-order valence-corrected chi connectivity index (χ0v) is 12.7. The molecule has 0 saturated carbocycles. The van der Waals surface area contributed by atoms with Crippen LogP contribution in [0.15, 0.2) is 42.5 Å². The summed E-state index contributed by atoms with van der Waals surface area (Å²) in [6.07, 6.45) is -4.59.